The molecule has 0 N–H and O–H groups in total. The average Bonchev–Trinajstić information content (AvgIpc) is 2.72. The Labute approximate surface area is 86.0 Å². The van der Waals surface area contributed by atoms with E-state index in [-0.39, 0.29) is 11.9 Å². The highest BCUT2D eigenvalue weighted by atomic mass is 16.5. The van der Waals surface area contributed by atoms with Gasteiger partial charge in [-0.1, -0.05) is 25.7 Å². The molecule has 2 heteroatoms. The van der Waals surface area contributed by atoms with Crippen LogP contribution < -0.4 is 0 Å². The predicted molar refractivity (Wildman–Crippen MR) is 54.8 cm³/mol. The van der Waals surface area contributed by atoms with Crippen LogP contribution in [0.2, 0.25) is 0 Å². The summed E-state index contributed by atoms with van der Waals surface area (Å²) in [4.78, 5) is 11.4. The lowest BCUT2D eigenvalue weighted by molar-refractivity contribution is -0.145. The first-order chi connectivity index (χ1) is 6.81. The van der Waals surface area contributed by atoms with Crippen molar-refractivity contribution < 1.29 is 9.53 Å². The van der Waals surface area contributed by atoms with Gasteiger partial charge in [0.25, 0.3) is 0 Å². The van der Waals surface area contributed by atoms with E-state index in [0.717, 1.165) is 12.3 Å². The minimum atomic E-state index is 0.0514. The SMILES string of the molecule is CCOC(=O)C1CC1CC1CCCC1. The van der Waals surface area contributed by atoms with Gasteiger partial charge in [-0.15, -0.1) is 0 Å². The van der Waals surface area contributed by atoms with Crippen molar-refractivity contribution >= 4 is 5.97 Å². The van der Waals surface area contributed by atoms with E-state index in [9.17, 15) is 4.79 Å². The van der Waals surface area contributed by atoms with Crippen LogP contribution in [0.5, 0.6) is 0 Å². The Kier molecular flexibility index (Phi) is 3.09. The fraction of sp³-hybridized carbons (Fsp3) is 0.917. The van der Waals surface area contributed by atoms with Gasteiger partial charge in [-0.05, 0) is 31.6 Å². The van der Waals surface area contributed by atoms with Crippen molar-refractivity contribution in [2.24, 2.45) is 17.8 Å². The molecule has 14 heavy (non-hydrogen) atoms. The molecule has 0 saturated heterocycles. The third kappa shape index (κ3) is 2.28. The van der Waals surface area contributed by atoms with Crippen LogP contribution in [-0.4, -0.2) is 12.6 Å². The molecule has 0 spiro atoms. The van der Waals surface area contributed by atoms with E-state index >= 15 is 0 Å². The number of hydrogen-bond donors (Lipinski definition) is 0. The number of carbonyl (C=O) groups is 1. The van der Waals surface area contributed by atoms with E-state index < -0.39 is 0 Å². The molecule has 80 valence electrons. The summed E-state index contributed by atoms with van der Waals surface area (Å²) in [7, 11) is 0. The molecular weight excluding hydrogens is 176 g/mol. The topological polar surface area (TPSA) is 26.3 Å². The van der Waals surface area contributed by atoms with Crippen LogP contribution in [0.3, 0.4) is 0 Å². The molecule has 0 aromatic rings. The number of carbonyl (C=O) groups excluding carboxylic acids is 1. The van der Waals surface area contributed by atoms with Gasteiger partial charge in [-0.25, -0.2) is 0 Å². The lowest BCUT2D eigenvalue weighted by Crippen LogP contribution is -2.08. The van der Waals surface area contributed by atoms with Crippen LogP contribution in [0.1, 0.15) is 45.4 Å². The number of esters is 1. The van der Waals surface area contributed by atoms with E-state index in [4.69, 9.17) is 4.74 Å². The second-order valence-electron chi connectivity index (χ2n) is 4.74. The fourth-order valence-corrected chi connectivity index (χ4v) is 2.72. The Morgan fingerprint density at radius 3 is 2.71 bits per heavy atom. The van der Waals surface area contributed by atoms with Crippen LogP contribution in [-0.2, 0) is 9.53 Å². The summed E-state index contributed by atoms with van der Waals surface area (Å²) in [6.07, 6.45) is 7.97. The summed E-state index contributed by atoms with van der Waals surface area (Å²) in [5.41, 5.74) is 0. The zero-order valence-corrected chi connectivity index (χ0v) is 9.00. The highest BCUT2D eigenvalue weighted by molar-refractivity contribution is 5.75. The molecule has 0 radical (unpaired) electrons. The molecule has 2 atom stereocenters. The van der Waals surface area contributed by atoms with E-state index in [1.54, 1.807) is 0 Å². The van der Waals surface area contributed by atoms with Crippen LogP contribution in [0, 0.1) is 17.8 Å². The van der Waals surface area contributed by atoms with Gasteiger partial charge >= 0.3 is 5.97 Å². The Hall–Kier alpha value is -0.530. The second kappa shape index (κ2) is 4.33. The molecule has 2 rings (SSSR count). The van der Waals surface area contributed by atoms with Gasteiger partial charge in [0.2, 0.25) is 0 Å². The molecule has 0 aromatic heterocycles. The normalized spacial score (nSPS) is 31.8. The monoisotopic (exact) mass is 196 g/mol. The predicted octanol–water partition coefficient (Wildman–Crippen LogP) is 2.77. The van der Waals surface area contributed by atoms with Crippen LogP contribution in [0.4, 0.5) is 0 Å². The third-order valence-corrected chi connectivity index (χ3v) is 3.62. The van der Waals surface area contributed by atoms with E-state index in [1.165, 1.54) is 32.1 Å². The first kappa shape index (κ1) is 10.0. The summed E-state index contributed by atoms with van der Waals surface area (Å²) in [5.74, 6) is 1.89. The second-order valence-corrected chi connectivity index (χ2v) is 4.74. The lowest BCUT2D eigenvalue weighted by atomic mass is 10.00. The zero-order valence-electron chi connectivity index (χ0n) is 9.00. The highest BCUT2D eigenvalue weighted by Crippen LogP contribution is 2.46. The molecule has 2 aliphatic carbocycles. The number of hydrogen-bond acceptors (Lipinski definition) is 2. The van der Waals surface area contributed by atoms with Crippen molar-refractivity contribution in [2.45, 2.75) is 45.4 Å². The molecule has 0 bridgehead atoms. The van der Waals surface area contributed by atoms with Crippen LogP contribution in [0.15, 0.2) is 0 Å². The van der Waals surface area contributed by atoms with Gasteiger partial charge in [0, 0.05) is 0 Å². The van der Waals surface area contributed by atoms with Gasteiger partial charge in [0.15, 0.2) is 0 Å². The first-order valence-electron chi connectivity index (χ1n) is 5.98. The minimum Gasteiger partial charge on any atom is -0.466 e. The number of ether oxygens (including phenoxy) is 1. The Morgan fingerprint density at radius 1 is 1.36 bits per heavy atom. The first-order valence-corrected chi connectivity index (χ1v) is 5.98. The van der Waals surface area contributed by atoms with Crippen molar-refractivity contribution in [1.29, 1.82) is 0 Å². The maximum atomic E-state index is 11.4. The Morgan fingerprint density at radius 2 is 2.07 bits per heavy atom. The molecular formula is C12H20O2. The van der Waals surface area contributed by atoms with Gasteiger partial charge in [-0.3, -0.25) is 4.79 Å². The summed E-state index contributed by atoms with van der Waals surface area (Å²) >= 11 is 0. The smallest absolute Gasteiger partial charge is 0.309 e. The summed E-state index contributed by atoms with van der Waals surface area (Å²) in [6.45, 7) is 2.41. The summed E-state index contributed by atoms with van der Waals surface area (Å²) in [5, 5.41) is 0. The van der Waals surface area contributed by atoms with Gasteiger partial charge in [0.1, 0.15) is 0 Å². The molecule has 0 heterocycles. The van der Waals surface area contributed by atoms with Gasteiger partial charge in [0.05, 0.1) is 12.5 Å². The third-order valence-electron chi connectivity index (χ3n) is 3.62. The standard InChI is InChI=1S/C12H20O2/c1-2-14-12(13)11-8-10(11)7-9-5-3-4-6-9/h9-11H,2-8H2,1H3. The van der Waals surface area contributed by atoms with E-state index in [2.05, 4.69) is 0 Å². The largest absolute Gasteiger partial charge is 0.466 e. The Bertz CT molecular complexity index is 206. The molecule has 0 aromatic carbocycles. The maximum absolute atomic E-state index is 11.4. The molecule has 2 nitrogen and oxygen atoms in total. The minimum absolute atomic E-state index is 0.0514. The zero-order chi connectivity index (χ0) is 9.97. The maximum Gasteiger partial charge on any atom is 0.309 e. The summed E-state index contributed by atoms with van der Waals surface area (Å²) < 4.78 is 5.02. The van der Waals surface area contributed by atoms with Gasteiger partial charge < -0.3 is 4.74 Å². The highest BCUT2D eigenvalue weighted by Gasteiger charge is 2.44. The van der Waals surface area contributed by atoms with E-state index in [1.807, 2.05) is 6.92 Å². The van der Waals surface area contributed by atoms with Crippen molar-refractivity contribution in [2.75, 3.05) is 6.61 Å². The van der Waals surface area contributed by atoms with Crippen LogP contribution >= 0.6 is 0 Å². The van der Waals surface area contributed by atoms with Crippen molar-refractivity contribution in [3.8, 4) is 0 Å². The van der Waals surface area contributed by atoms with Crippen molar-refractivity contribution in [3.63, 3.8) is 0 Å². The van der Waals surface area contributed by atoms with Crippen LogP contribution in [0.25, 0.3) is 0 Å². The lowest BCUT2D eigenvalue weighted by Gasteiger charge is -2.07. The van der Waals surface area contributed by atoms with E-state index in [0.29, 0.717) is 12.5 Å². The quantitative estimate of drug-likeness (QED) is 0.646. The molecule has 0 aliphatic heterocycles. The van der Waals surface area contributed by atoms with Crippen molar-refractivity contribution in [1.82, 2.24) is 0 Å². The molecule has 2 fully saturated rings. The molecule has 0 amide bonds. The molecule has 2 unspecified atom stereocenters. The average molecular weight is 196 g/mol. The summed E-state index contributed by atoms with van der Waals surface area (Å²) in [6, 6.07) is 0. The van der Waals surface area contributed by atoms with Crippen molar-refractivity contribution in [3.05, 3.63) is 0 Å². The Balaban J connectivity index is 1.68. The molecule has 2 aliphatic rings. The van der Waals surface area contributed by atoms with Gasteiger partial charge in [-0.2, -0.15) is 0 Å². The molecule has 2 saturated carbocycles. The number of rotatable bonds is 4. The fourth-order valence-electron chi connectivity index (χ4n) is 2.72.